The number of nitrogens with zero attached hydrogens (tertiary/aromatic N) is 4. The molecule has 0 aliphatic carbocycles. The van der Waals surface area contributed by atoms with Crippen LogP contribution >= 0.6 is 11.3 Å². The van der Waals surface area contributed by atoms with E-state index in [1.807, 2.05) is 11.8 Å². The van der Waals surface area contributed by atoms with Gasteiger partial charge in [-0.15, -0.1) is 11.3 Å². The van der Waals surface area contributed by atoms with Crippen LogP contribution in [0.2, 0.25) is 0 Å². The third-order valence-electron chi connectivity index (χ3n) is 4.34. The summed E-state index contributed by atoms with van der Waals surface area (Å²) in [5.41, 5.74) is 1.77. The van der Waals surface area contributed by atoms with Gasteiger partial charge in [0.05, 0.1) is 17.8 Å². The van der Waals surface area contributed by atoms with Gasteiger partial charge in [-0.2, -0.15) is 0 Å². The van der Waals surface area contributed by atoms with Crippen LogP contribution in [0.4, 0.5) is 0 Å². The second-order valence-corrected chi connectivity index (χ2v) is 7.11. The van der Waals surface area contributed by atoms with E-state index in [0.29, 0.717) is 24.5 Å². The van der Waals surface area contributed by atoms with Gasteiger partial charge in [-0.3, -0.25) is 14.6 Å². The van der Waals surface area contributed by atoms with Crippen molar-refractivity contribution in [2.45, 2.75) is 19.5 Å². The number of carboxylic acids is 1. The third-order valence-corrected chi connectivity index (χ3v) is 5.16. The van der Waals surface area contributed by atoms with Crippen LogP contribution in [-0.4, -0.2) is 64.1 Å². The number of aryl methyl sites for hydroxylation is 1. The number of pyridine rings is 1. The van der Waals surface area contributed by atoms with Crippen molar-refractivity contribution in [2.75, 3.05) is 33.3 Å². The van der Waals surface area contributed by atoms with Crippen LogP contribution in [0.15, 0.2) is 23.7 Å². The summed E-state index contributed by atoms with van der Waals surface area (Å²) >= 11 is 1.66. The van der Waals surface area contributed by atoms with Crippen LogP contribution < -0.4 is 4.74 Å². The summed E-state index contributed by atoms with van der Waals surface area (Å²) in [5.74, 6) is -0.369. The number of aromatic nitrogens is 2. The average Bonchev–Trinajstić information content (AvgIpc) is 3.02. The standard InChI is InChI=1S/C17H22N4O3S/c1-12-19-14(11-25-12)10-20-5-7-21(8-6-20)16(17(22)23)13-3-4-15(24-2)18-9-13/h3-4,9,11,16H,5-8,10H2,1-2H3,(H,22,23)/t16-/m0/s1. The van der Waals surface area contributed by atoms with E-state index in [-0.39, 0.29) is 0 Å². The SMILES string of the molecule is COc1ccc([C@@H](C(=O)O)N2CCN(Cc3csc(C)n3)CC2)cn1. The fraction of sp³-hybridized carbons (Fsp3) is 0.471. The van der Waals surface area contributed by atoms with Gasteiger partial charge < -0.3 is 9.84 Å². The minimum Gasteiger partial charge on any atom is -0.481 e. The van der Waals surface area contributed by atoms with Gasteiger partial charge in [0.2, 0.25) is 5.88 Å². The van der Waals surface area contributed by atoms with Gasteiger partial charge >= 0.3 is 5.97 Å². The fourth-order valence-electron chi connectivity index (χ4n) is 3.07. The second-order valence-electron chi connectivity index (χ2n) is 6.04. The Morgan fingerprint density at radius 1 is 1.36 bits per heavy atom. The Balaban J connectivity index is 1.63. The summed E-state index contributed by atoms with van der Waals surface area (Å²) in [6.07, 6.45) is 1.59. The van der Waals surface area contributed by atoms with Crippen molar-refractivity contribution in [3.8, 4) is 5.88 Å². The topological polar surface area (TPSA) is 78.8 Å². The first-order valence-electron chi connectivity index (χ1n) is 8.17. The summed E-state index contributed by atoms with van der Waals surface area (Å²) in [7, 11) is 1.54. The maximum absolute atomic E-state index is 11.8. The second kappa shape index (κ2) is 7.90. The van der Waals surface area contributed by atoms with Crippen molar-refractivity contribution in [3.05, 3.63) is 40.0 Å². The molecule has 0 saturated carbocycles. The monoisotopic (exact) mass is 362 g/mol. The molecule has 0 unspecified atom stereocenters. The van der Waals surface area contributed by atoms with Gasteiger partial charge in [-0.05, 0) is 18.6 Å². The number of aliphatic carboxylic acids is 1. The number of thiazole rings is 1. The Kier molecular flexibility index (Phi) is 5.62. The van der Waals surface area contributed by atoms with Crippen LogP contribution in [0.5, 0.6) is 5.88 Å². The molecule has 1 aliphatic heterocycles. The molecule has 2 aromatic heterocycles. The molecule has 0 radical (unpaired) electrons. The van der Waals surface area contributed by atoms with Crippen molar-refractivity contribution in [1.82, 2.24) is 19.8 Å². The summed E-state index contributed by atoms with van der Waals surface area (Å²) in [5, 5.41) is 12.8. The van der Waals surface area contributed by atoms with Crippen LogP contribution in [0.1, 0.15) is 22.3 Å². The minimum atomic E-state index is -0.851. The molecule has 0 bridgehead atoms. The summed E-state index contributed by atoms with van der Waals surface area (Å²) in [6, 6.07) is 2.79. The van der Waals surface area contributed by atoms with E-state index < -0.39 is 12.0 Å². The summed E-state index contributed by atoms with van der Waals surface area (Å²) < 4.78 is 5.04. The molecule has 0 aromatic carbocycles. The van der Waals surface area contributed by atoms with Crippen LogP contribution in [-0.2, 0) is 11.3 Å². The Morgan fingerprint density at radius 2 is 2.12 bits per heavy atom. The lowest BCUT2D eigenvalue weighted by Crippen LogP contribution is -2.48. The lowest BCUT2D eigenvalue weighted by atomic mass is 10.1. The maximum atomic E-state index is 11.8. The van der Waals surface area contributed by atoms with E-state index in [9.17, 15) is 9.90 Å². The lowest BCUT2D eigenvalue weighted by Gasteiger charge is -2.37. The number of hydrogen-bond acceptors (Lipinski definition) is 7. The van der Waals surface area contributed by atoms with E-state index in [4.69, 9.17) is 4.74 Å². The molecule has 3 heterocycles. The van der Waals surface area contributed by atoms with Gasteiger partial charge in [0.1, 0.15) is 6.04 Å². The highest BCUT2D eigenvalue weighted by Crippen LogP contribution is 2.24. The Bertz CT molecular complexity index is 711. The Morgan fingerprint density at radius 3 is 2.64 bits per heavy atom. The molecule has 0 amide bonds. The zero-order valence-corrected chi connectivity index (χ0v) is 15.2. The highest BCUT2D eigenvalue weighted by Gasteiger charge is 2.30. The summed E-state index contributed by atoms with van der Waals surface area (Å²) in [4.78, 5) is 24.8. The van der Waals surface area contributed by atoms with E-state index in [1.165, 1.54) is 0 Å². The first-order chi connectivity index (χ1) is 12.1. The van der Waals surface area contributed by atoms with E-state index in [2.05, 4.69) is 20.2 Å². The third kappa shape index (κ3) is 4.33. The Labute approximate surface area is 150 Å². The quantitative estimate of drug-likeness (QED) is 0.839. The van der Waals surface area contributed by atoms with Crippen LogP contribution in [0, 0.1) is 6.92 Å². The number of carboxylic acid groups (broad SMARTS) is 1. The molecule has 2 aromatic rings. The van der Waals surface area contributed by atoms with E-state index >= 15 is 0 Å². The summed E-state index contributed by atoms with van der Waals surface area (Å²) in [6.45, 7) is 5.87. The molecule has 0 spiro atoms. The van der Waals surface area contributed by atoms with Crippen LogP contribution in [0.25, 0.3) is 0 Å². The number of rotatable bonds is 6. The zero-order valence-electron chi connectivity index (χ0n) is 14.4. The molecule has 1 N–H and O–H groups in total. The molecular weight excluding hydrogens is 340 g/mol. The molecule has 1 saturated heterocycles. The normalized spacial score (nSPS) is 17.4. The van der Waals surface area contributed by atoms with Gasteiger partial charge in [0.25, 0.3) is 0 Å². The molecular formula is C17H22N4O3S. The van der Waals surface area contributed by atoms with Crippen molar-refractivity contribution in [1.29, 1.82) is 0 Å². The van der Waals surface area contributed by atoms with Crippen LogP contribution in [0.3, 0.4) is 0 Å². The van der Waals surface area contributed by atoms with Crippen molar-refractivity contribution < 1.29 is 14.6 Å². The van der Waals surface area contributed by atoms with E-state index in [1.54, 1.807) is 36.8 Å². The molecule has 1 atom stereocenters. The first-order valence-corrected chi connectivity index (χ1v) is 9.05. The smallest absolute Gasteiger partial charge is 0.325 e. The molecule has 134 valence electrons. The Hall–Kier alpha value is -2.03. The van der Waals surface area contributed by atoms with Gasteiger partial charge in [-0.1, -0.05) is 0 Å². The molecule has 1 fully saturated rings. The predicted molar refractivity (Wildman–Crippen MR) is 94.9 cm³/mol. The number of carbonyl (C=O) groups is 1. The predicted octanol–water partition coefficient (Wildman–Crippen LogP) is 1.80. The molecule has 7 nitrogen and oxygen atoms in total. The van der Waals surface area contributed by atoms with Gasteiger partial charge in [-0.25, -0.2) is 9.97 Å². The number of methoxy groups -OCH3 is 1. The number of hydrogen-bond donors (Lipinski definition) is 1. The van der Waals surface area contributed by atoms with Gasteiger partial charge in [0, 0.05) is 50.4 Å². The number of piperazine rings is 1. The largest absolute Gasteiger partial charge is 0.481 e. The maximum Gasteiger partial charge on any atom is 0.325 e. The van der Waals surface area contributed by atoms with Crippen molar-refractivity contribution in [2.24, 2.45) is 0 Å². The number of ether oxygens (including phenoxy) is 1. The zero-order chi connectivity index (χ0) is 17.8. The first kappa shape index (κ1) is 17.8. The average molecular weight is 362 g/mol. The molecule has 1 aliphatic rings. The molecule has 8 heteroatoms. The highest BCUT2D eigenvalue weighted by atomic mass is 32.1. The van der Waals surface area contributed by atoms with E-state index in [0.717, 1.165) is 30.3 Å². The lowest BCUT2D eigenvalue weighted by molar-refractivity contribution is -0.144. The van der Waals surface area contributed by atoms with Crippen molar-refractivity contribution in [3.63, 3.8) is 0 Å². The molecule has 25 heavy (non-hydrogen) atoms. The highest BCUT2D eigenvalue weighted by molar-refractivity contribution is 7.09. The fourth-order valence-corrected chi connectivity index (χ4v) is 3.68. The molecule has 3 rings (SSSR count). The van der Waals surface area contributed by atoms with Crippen molar-refractivity contribution >= 4 is 17.3 Å². The minimum absolute atomic E-state index is 0.483. The van der Waals surface area contributed by atoms with Gasteiger partial charge in [0.15, 0.2) is 0 Å².